The van der Waals surface area contributed by atoms with Gasteiger partial charge in [0.2, 0.25) is 0 Å². The lowest BCUT2D eigenvalue weighted by Crippen LogP contribution is -2.17. The first-order valence-electron chi connectivity index (χ1n) is 7.46. The van der Waals surface area contributed by atoms with Crippen molar-refractivity contribution in [2.24, 2.45) is 4.99 Å². The van der Waals surface area contributed by atoms with Gasteiger partial charge in [-0.25, -0.2) is 0 Å². The van der Waals surface area contributed by atoms with E-state index in [0.29, 0.717) is 17.0 Å². The molecule has 1 aromatic carbocycles. The Bertz CT molecular complexity index is 920. The Hall–Kier alpha value is -2.41. The number of aromatic nitrogens is 3. The fourth-order valence-corrected chi connectivity index (χ4v) is 3.60. The summed E-state index contributed by atoms with van der Waals surface area (Å²) in [5, 5.41) is 4.12. The van der Waals surface area contributed by atoms with Crippen LogP contribution in [0.2, 0.25) is 0 Å². The lowest BCUT2D eigenvalue weighted by molar-refractivity contribution is 0.0987. The number of fused-ring (bicyclic) bond motifs is 1. The van der Waals surface area contributed by atoms with E-state index in [0.717, 1.165) is 22.5 Å². The summed E-state index contributed by atoms with van der Waals surface area (Å²) >= 11 is 1.48. The number of aryl methyl sites for hydroxylation is 2. The van der Waals surface area contributed by atoms with Gasteiger partial charge in [-0.15, -0.1) is 0 Å². The first kappa shape index (κ1) is 15.5. The third-order valence-corrected chi connectivity index (χ3v) is 4.68. The molecule has 0 bridgehead atoms. The topological polar surface area (TPSA) is 61.4 Å². The number of benzene rings is 1. The molecule has 0 N–H and O–H groups in total. The summed E-state index contributed by atoms with van der Waals surface area (Å²) in [7, 11) is 1.64. The van der Waals surface area contributed by atoms with Gasteiger partial charge in [-0.05, 0) is 38.1 Å². The molecule has 7 heteroatoms. The molecule has 0 saturated carbocycles. The van der Waals surface area contributed by atoms with Crippen molar-refractivity contribution >= 4 is 27.5 Å². The molecule has 0 aliphatic carbocycles. The number of rotatable bonds is 4. The van der Waals surface area contributed by atoms with Crippen LogP contribution in [-0.2, 0) is 13.1 Å². The molecular formula is C16H18N4O2S. The summed E-state index contributed by atoms with van der Waals surface area (Å²) in [4.78, 5) is 17.5. The summed E-state index contributed by atoms with van der Waals surface area (Å²) in [6.45, 7) is 5.37. The van der Waals surface area contributed by atoms with Crippen LogP contribution in [0.3, 0.4) is 0 Å². The van der Waals surface area contributed by atoms with Gasteiger partial charge in [0.05, 0.1) is 17.3 Å². The number of thiazole rings is 1. The Balaban J connectivity index is 2.13. The molecule has 0 aliphatic heterocycles. The average Bonchev–Trinajstić information content (AvgIpc) is 3.17. The van der Waals surface area contributed by atoms with Crippen molar-refractivity contribution in [2.75, 3.05) is 7.11 Å². The van der Waals surface area contributed by atoms with Gasteiger partial charge in [0, 0.05) is 19.3 Å². The van der Waals surface area contributed by atoms with Crippen molar-refractivity contribution in [2.45, 2.75) is 26.9 Å². The van der Waals surface area contributed by atoms with Crippen molar-refractivity contribution in [3.63, 3.8) is 0 Å². The maximum Gasteiger partial charge on any atom is 0.297 e. The van der Waals surface area contributed by atoms with Gasteiger partial charge in [0.25, 0.3) is 5.91 Å². The largest absolute Gasteiger partial charge is 0.497 e. The van der Waals surface area contributed by atoms with E-state index in [2.05, 4.69) is 10.1 Å². The predicted molar refractivity (Wildman–Crippen MR) is 89.8 cm³/mol. The molecule has 0 radical (unpaired) electrons. The van der Waals surface area contributed by atoms with Crippen LogP contribution in [0.25, 0.3) is 10.2 Å². The molecule has 2 aromatic heterocycles. The molecule has 3 rings (SSSR count). The van der Waals surface area contributed by atoms with Crippen LogP contribution >= 0.6 is 11.3 Å². The highest BCUT2D eigenvalue weighted by atomic mass is 32.1. The molecule has 6 nitrogen and oxygen atoms in total. The molecule has 3 aromatic rings. The number of methoxy groups -OCH3 is 1. The average molecular weight is 330 g/mol. The Morgan fingerprint density at radius 1 is 1.30 bits per heavy atom. The van der Waals surface area contributed by atoms with E-state index in [1.807, 2.05) is 36.6 Å². The molecular weight excluding hydrogens is 312 g/mol. The van der Waals surface area contributed by atoms with Gasteiger partial charge in [-0.1, -0.05) is 11.3 Å². The van der Waals surface area contributed by atoms with E-state index in [4.69, 9.17) is 4.74 Å². The van der Waals surface area contributed by atoms with Crippen LogP contribution in [0.1, 0.15) is 24.3 Å². The number of ether oxygens (including phenoxy) is 1. The van der Waals surface area contributed by atoms with E-state index < -0.39 is 0 Å². The van der Waals surface area contributed by atoms with Crippen LogP contribution < -0.4 is 9.54 Å². The number of nitrogens with zero attached hydrogens (tertiary/aromatic N) is 4. The summed E-state index contributed by atoms with van der Waals surface area (Å²) in [6, 6.07) is 7.57. The van der Waals surface area contributed by atoms with Crippen LogP contribution in [0.5, 0.6) is 5.75 Å². The van der Waals surface area contributed by atoms with Gasteiger partial charge in [-0.2, -0.15) is 10.1 Å². The van der Waals surface area contributed by atoms with Crippen molar-refractivity contribution in [1.29, 1.82) is 0 Å². The van der Waals surface area contributed by atoms with Crippen LogP contribution in [0.15, 0.2) is 35.5 Å². The Morgan fingerprint density at radius 3 is 2.83 bits per heavy atom. The molecule has 0 atom stereocenters. The third-order valence-electron chi connectivity index (χ3n) is 3.64. The summed E-state index contributed by atoms with van der Waals surface area (Å²) < 4.78 is 9.99. The number of carbonyl (C=O) groups excluding carboxylic acids is 1. The predicted octanol–water partition coefficient (Wildman–Crippen LogP) is 2.69. The quantitative estimate of drug-likeness (QED) is 0.739. The lowest BCUT2D eigenvalue weighted by Gasteiger charge is -2.02. The van der Waals surface area contributed by atoms with Crippen molar-refractivity contribution in [3.05, 3.63) is 41.0 Å². The highest BCUT2D eigenvalue weighted by Gasteiger charge is 2.12. The van der Waals surface area contributed by atoms with Crippen LogP contribution in [0.4, 0.5) is 0 Å². The number of amides is 1. The second-order valence-electron chi connectivity index (χ2n) is 4.91. The number of hydrogen-bond donors (Lipinski definition) is 0. The second kappa shape index (κ2) is 6.37. The highest BCUT2D eigenvalue weighted by Crippen LogP contribution is 2.23. The standard InChI is InChI=1S/C16H18N4O2S/c1-4-19-12-7-6-11(22-3)10-14(12)23-16(19)18-15(21)13-8-9-17-20(13)5-2/h6-10H,4-5H2,1-3H3. The van der Waals surface area contributed by atoms with E-state index in [-0.39, 0.29) is 5.91 Å². The minimum atomic E-state index is -0.273. The number of carbonyl (C=O) groups is 1. The molecule has 23 heavy (non-hydrogen) atoms. The monoisotopic (exact) mass is 330 g/mol. The van der Waals surface area contributed by atoms with E-state index in [1.165, 1.54) is 11.3 Å². The molecule has 1 amide bonds. The molecule has 120 valence electrons. The second-order valence-corrected chi connectivity index (χ2v) is 5.92. The van der Waals surface area contributed by atoms with Gasteiger partial charge in [-0.3, -0.25) is 9.48 Å². The molecule has 0 aliphatic rings. The van der Waals surface area contributed by atoms with Crippen molar-refractivity contribution in [1.82, 2.24) is 14.3 Å². The first-order chi connectivity index (χ1) is 11.2. The van der Waals surface area contributed by atoms with Crippen molar-refractivity contribution in [3.8, 4) is 5.75 Å². The third kappa shape index (κ3) is 2.79. The van der Waals surface area contributed by atoms with E-state index in [1.54, 1.807) is 24.1 Å². The molecule has 0 unspecified atom stereocenters. The summed E-state index contributed by atoms with van der Waals surface area (Å²) in [5.74, 6) is 0.522. The zero-order valence-corrected chi connectivity index (χ0v) is 14.1. The minimum absolute atomic E-state index is 0.273. The fourth-order valence-electron chi connectivity index (χ4n) is 2.48. The first-order valence-corrected chi connectivity index (χ1v) is 8.27. The zero-order chi connectivity index (χ0) is 16.4. The minimum Gasteiger partial charge on any atom is -0.497 e. The number of hydrogen-bond acceptors (Lipinski definition) is 4. The maximum atomic E-state index is 12.5. The molecule has 0 spiro atoms. The van der Waals surface area contributed by atoms with Gasteiger partial charge in [0.1, 0.15) is 11.4 Å². The fraction of sp³-hybridized carbons (Fsp3) is 0.312. The molecule has 0 saturated heterocycles. The van der Waals surface area contributed by atoms with Crippen LogP contribution in [0, 0.1) is 0 Å². The molecule has 2 heterocycles. The Kier molecular flexibility index (Phi) is 4.29. The lowest BCUT2D eigenvalue weighted by atomic mass is 10.3. The SMILES string of the molecule is CCn1nccc1C(=O)N=c1sc2cc(OC)ccc2n1CC. The van der Waals surface area contributed by atoms with Crippen LogP contribution in [-0.4, -0.2) is 27.4 Å². The van der Waals surface area contributed by atoms with Gasteiger partial charge < -0.3 is 9.30 Å². The van der Waals surface area contributed by atoms with Gasteiger partial charge in [0.15, 0.2) is 4.80 Å². The maximum absolute atomic E-state index is 12.5. The van der Waals surface area contributed by atoms with Crippen molar-refractivity contribution < 1.29 is 9.53 Å². The summed E-state index contributed by atoms with van der Waals surface area (Å²) in [6.07, 6.45) is 1.62. The smallest absolute Gasteiger partial charge is 0.297 e. The summed E-state index contributed by atoms with van der Waals surface area (Å²) in [5.41, 5.74) is 1.55. The van der Waals surface area contributed by atoms with E-state index >= 15 is 0 Å². The van der Waals surface area contributed by atoms with E-state index in [9.17, 15) is 4.79 Å². The Labute approximate surface area is 137 Å². The molecule has 0 fully saturated rings. The highest BCUT2D eigenvalue weighted by molar-refractivity contribution is 7.16. The normalized spacial score (nSPS) is 12.0. The Morgan fingerprint density at radius 2 is 2.13 bits per heavy atom. The zero-order valence-electron chi connectivity index (χ0n) is 13.3. The van der Waals surface area contributed by atoms with Gasteiger partial charge >= 0.3 is 0 Å².